The first kappa shape index (κ1) is 18.8. The van der Waals surface area contributed by atoms with Crippen LogP contribution in [0.2, 0.25) is 5.02 Å². The van der Waals surface area contributed by atoms with Gasteiger partial charge >= 0.3 is 0 Å². The Labute approximate surface area is 165 Å². The maximum atomic E-state index is 12.8. The van der Waals surface area contributed by atoms with Gasteiger partial charge in [-0.25, -0.2) is 0 Å². The summed E-state index contributed by atoms with van der Waals surface area (Å²) in [4.78, 5) is 26.6. The van der Waals surface area contributed by atoms with Gasteiger partial charge in [0.2, 0.25) is 11.8 Å². The molecule has 2 amide bonds. The van der Waals surface area contributed by atoms with Gasteiger partial charge in [-0.05, 0) is 67.9 Å². The van der Waals surface area contributed by atoms with Crippen molar-refractivity contribution in [3.63, 3.8) is 0 Å². The Morgan fingerprint density at radius 1 is 1.22 bits per heavy atom. The van der Waals surface area contributed by atoms with Crippen molar-refractivity contribution in [3.8, 4) is 0 Å². The molecule has 5 rings (SSSR count). The van der Waals surface area contributed by atoms with E-state index in [1.807, 2.05) is 0 Å². The van der Waals surface area contributed by atoms with E-state index >= 15 is 0 Å². The number of carbonyl (C=O) groups is 2. The predicted octanol–water partition coefficient (Wildman–Crippen LogP) is 3.46. The monoisotopic (exact) mass is 390 g/mol. The Morgan fingerprint density at radius 2 is 1.89 bits per heavy atom. The van der Waals surface area contributed by atoms with E-state index in [0.29, 0.717) is 29.0 Å². The zero-order chi connectivity index (χ0) is 19.2. The quantitative estimate of drug-likeness (QED) is 0.808. The zero-order valence-electron chi connectivity index (χ0n) is 15.7. The topological polar surface area (TPSA) is 69.6 Å². The third-order valence-corrected chi connectivity index (χ3v) is 6.96. The summed E-state index contributed by atoms with van der Waals surface area (Å²) >= 11 is 6.07. The molecule has 2 N–H and O–H groups in total. The van der Waals surface area contributed by atoms with Crippen molar-refractivity contribution in [2.75, 3.05) is 18.9 Å². The van der Waals surface area contributed by atoms with Gasteiger partial charge in [0, 0.05) is 13.5 Å². The van der Waals surface area contributed by atoms with Crippen molar-refractivity contribution >= 4 is 29.1 Å². The van der Waals surface area contributed by atoms with Crippen molar-refractivity contribution in [2.24, 2.45) is 17.3 Å². The van der Waals surface area contributed by atoms with Gasteiger partial charge < -0.3 is 15.3 Å². The van der Waals surface area contributed by atoms with Gasteiger partial charge in [0.05, 0.1) is 22.9 Å². The molecule has 0 radical (unpaired) electrons. The highest BCUT2D eigenvalue weighted by atomic mass is 35.5. The number of carbonyl (C=O) groups excluding carboxylic acids is 2. The normalized spacial score (nSPS) is 33.7. The molecule has 4 aliphatic carbocycles. The number of nitrogens with zero attached hydrogens (tertiary/aromatic N) is 1. The van der Waals surface area contributed by atoms with Crippen LogP contribution < -0.4 is 5.32 Å². The van der Waals surface area contributed by atoms with Crippen LogP contribution in [0, 0.1) is 17.3 Å². The summed E-state index contributed by atoms with van der Waals surface area (Å²) in [6.07, 6.45) is 6.24. The van der Waals surface area contributed by atoms with Crippen LogP contribution in [0.25, 0.3) is 0 Å². The highest BCUT2D eigenvalue weighted by Gasteiger charge is 2.57. The minimum atomic E-state index is -0.565. The zero-order valence-corrected chi connectivity index (χ0v) is 16.5. The van der Waals surface area contributed by atoms with Gasteiger partial charge in [-0.3, -0.25) is 9.59 Å². The number of benzene rings is 1. The minimum Gasteiger partial charge on any atom is -0.390 e. The number of amides is 2. The molecule has 0 saturated heterocycles. The molecular formula is C21H27ClN2O3. The van der Waals surface area contributed by atoms with Crippen LogP contribution in [0.1, 0.15) is 44.9 Å². The average molecular weight is 391 g/mol. The molecule has 27 heavy (non-hydrogen) atoms. The van der Waals surface area contributed by atoms with Gasteiger partial charge in [0.25, 0.3) is 0 Å². The van der Waals surface area contributed by atoms with E-state index in [-0.39, 0.29) is 23.8 Å². The fourth-order valence-corrected chi connectivity index (χ4v) is 6.30. The lowest BCUT2D eigenvalue weighted by molar-refractivity contribution is -0.171. The second-order valence-corrected chi connectivity index (χ2v) is 9.55. The number of nitrogens with one attached hydrogen (secondary N) is 1. The molecule has 0 aromatic heterocycles. The van der Waals surface area contributed by atoms with Crippen LogP contribution in [-0.2, 0) is 9.59 Å². The van der Waals surface area contributed by atoms with Crippen molar-refractivity contribution in [3.05, 3.63) is 29.3 Å². The second kappa shape index (κ2) is 6.78. The first-order valence-corrected chi connectivity index (χ1v) is 10.1. The van der Waals surface area contributed by atoms with E-state index in [9.17, 15) is 14.7 Å². The van der Waals surface area contributed by atoms with Gasteiger partial charge in [-0.15, -0.1) is 0 Å². The molecule has 0 unspecified atom stereocenters. The highest BCUT2D eigenvalue weighted by Crippen LogP contribution is 2.62. The molecule has 146 valence electrons. The van der Waals surface area contributed by atoms with Crippen LogP contribution in [0.4, 0.5) is 5.69 Å². The smallest absolute Gasteiger partial charge is 0.244 e. The Morgan fingerprint density at radius 3 is 2.52 bits per heavy atom. The molecule has 0 heterocycles. The molecule has 6 heteroatoms. The highest BCUT2D eigenvalue weighted by molar-refractivity contribution is 6.33. The average Bonchev–Trinajstić information content (AvgIpc) is 2.54. The fourth-order valence-electron chi connectivity index (χ4n) is 6.12. The maximum absolute atomic E-state index is 12.8. The van der Waals surface area contributed by atoms with Crippen LogP contribution in [0.15, 0.2) is 24.3 Å². The molecular weight excluding hydrogens is 364 g/mol. The van der Waals surface area contributed by atoms with Crippen LogP contribution in [0.5, 0.6) is 0 Å². The first-order valence-electron chi connectivity index (χ1n) is 9.77. The van der Waals surface area contributed by atoms with Gasteiger partial charge in [-0.2, -0.15) is 0 Å². The van der Waals surface area contributed by atoms with E-state index in [0.717, 1.165) is 32.1 Å². The molecule has 0 aliphatic heterocycles. The Bertz CT molecular complexity index is 752. The Hall–Kier alpha value is -1.59. The number of halogens is 1. The number of hydrogen-bond acceptors (Lipinski definition) is 3. The van der Waals surface area contributed by atoms with E-state index in [2.05, 4.69) is 5.32 Å². The molecule has 5 nitrogen and oxygen atoms in total. The van der Waals surface area contributed by atoms with Crippen molar-refractivity contribution in [1.29, 1.82) is 0 Å². The number of aliphatic hydroxyl groups is 1. The van der Waals surface area contributed by atoms with E-state index in [1.165, 1.54) is 11.3 Å². The van der Waals surface area contributed by atoms with Crippen molar-refractivity contribution in [1.82, 2.24) is 4.90 Å². The van der Waals surface area contributed by atoms with Crippen LogP contribution in [0.3, 0.4) is 0 Å². The van der Waals surface area contributed by atoms with E-state index < -0.39 is 5.60 Å². The minimum absolute atomic E-state index is 0.00272. The molecule has 4 fully saturated rings. The first-order chi connectivity index (χ1) is 12.8. The maximum Gasteiger partial charge on any atom is 0.244 e. The molecule has 0 spiro atoms. The molecule has 1 aromatic rings. The molecule has 1 aromatic carbocycles. The molecule has 4 saturated carbocycles. The third kappa shape index (κ3) is 3.85. The van der Waals surface area contributed by atoms with Crippen LogP contribution >= 0.6 is 11.6 Å². The summed E-state index contributed by atoms with van der Waals surface area (Å²) in [6.45, 7) is -0.00272. The van der Waals surface area contributed by atoms with Gasteiger partial charge in [0.15, 0.2) is 0 Å². The van der Waals surface area contributed by atoms with E-state index in [4.69, 9.17) is 11.6 Å². The summed E-state index contributed by atoms with van der Waals surface area (Å²) in [7, 11) is 1.67. The number of hydrogen-bond donors (Lipinski definition) is 2. The van der Waals surface area contributed by atoms with Crippen LogP contribution in [-0.4, -0.2) is 41.0 Å². The summed E-state index contributed by atoms with van der Waals surface area (Å²) in [5.41, 5.74) is -0.0957. The molecule has 2 atom stereocenters. The summed E-state index contributed by atoms with van der Waals surface area (Å²) in [6, 6.07) is 7.04. The third-order valence-electron chi connectivity index (χ3n) is 6.63. The lowest BCUT2D eigenvalue weighted by atomic mass is 9.47. The SMILES string of the molecule is CN(CC(=O)Nc1ccccc1Cl)C(=O)CC12C[C@H]3C[C@@H](CC(O)(C3)C1)C2. The number of anilines is 1. The van der Waals surface area contributed by atoms with Gasteiger partial charge in [-0.1, -0.05) is 23.7 Å². The number of para-hydroxylation sites is 1. The number of rotatable bonds is 5. The lowest BCUT2D eigenvalue weighted by Gasteiger charge is -2.60. The molecule has 4 aliphatic rings. The standard InChI is InChI=1S/C21H27ClN2O3/c1-24(12-18(25)23-17-5-3-2-4-16(17)22)19(26)11-20-7-14-6-15(8-20)10-21(27,9-14)13-20/h2-5,14-15,27H,6-13H2,1H3,(H,23,25)/t14-,15-,20?,21?/m1/s1. The molecule has 4 bridgehead atoms. The summed E-state index contributed by atoms with van der Waals surface area (Å²) in [5, 5.41) is 14.1. The second-order valence-electron chi connectivity index (χ2n) is 9.14. The Kier molecular flexibility index (Phi) is 4.71. The summed E-state index contributed by atoms with van der Waals surface area (Å²) < 4.78 is 0. The number of likely N-dealkylation sites (N-methyl/N-ethyl adjacent to an activating group) is 1. The lowest BCUT2D eigenvalue weighted by Crippen LogP contribution is -2.56. The fraction of sp³-hybridized carbons (Fsp3) is 0.619. The predicted molar refractivity (Wildman–Crippen MR) is 104 cm³/mol. The Balaban J connectivity index is 1.36. The largest absolute Gasteiger partial charge is 0.390 e. The van der Waals surface area contributed by atoms with Gasteiger partial charge in [0.1, 0.15) is 0 Å². The van der Waals surface area contributed by atoms with Crippen molar-refractivity contribution < 1.29 is 14.7 Å². The van der Waals surface area contributed by atoms with E-state index in [1.54, 1.807) is 31.3 Å². The van der Waals surface area contributed by atoms with Crippen molar-refractivity contribution in [2.45, 2.75) is 50.5 Å². The summed E-state index contributed by atoms with van der Waals surface area (Å²) in [5.74, 6) is 0.828.